The fourth-order valence-electron chi connectivity index (χ4n) is 2.36. The second-order valence-corrected chi connectivity index (χ2v) is 4.87. The average Bonchev–Trinajstić information content (AvgIpc) is 2.21. The van der Waals surface area contributed by atoms with Gasteiger partial charge in [0.1, 0.15) is 0 Å². The van der Waals surface area contributed by atoms with Crippen molar-refractivity contribution in [3.05, 3.63) is 0 Å². The minimum atomic E-state index is 0.557. The maximum atomic E-state index is 5.89. The molecule has 1 rings (SSSR count). The molecule has 0 atom stereocenters. The molecule has 0 aromatic rings. The first-order valence-electron chi connectivity index (χ1n) is 5.43. The lowest BCUT2D eigenvalue weighted by Gasteiger charge is -2.31. The van der Waals surface area contributed by atoms with Crippen molar-refractivity contribution >= 4 is 23.2 Å². The molecule has 0 radical (unpaired) electrons. The van der Waals surface area contributed by atoms with Crippen LogP contribution < -0.4 is 0 Å². The van der Waals surface area contributed by atoms with E-state index in [9.17, 15) is 0 Å². The summed E-state index contributed by atoms with van der Waals surface area (Å²) in [7, 11) is 0. The second-order valence-electron chi connectivity index (χ2n) is 4.26. The highest BCUT2D eigenvalue weighted by Gasteiger charge is 2.25. The molecule has 0 aromatic heterocycles. The fourth-order valence-corrected chi connectivity index (χ4v) is 3.19. The van der Waals surface area contributed by atoms with Gasteiger partial charge in [-0.2, -0.15) is 0 Å². The average molecular weight is 223 g/mol. The van der Waals surface area contributed by atoms with E-state index >= 15 is 0 Å². The van der Waals surface area contributed by atoms with Crippen LogP contribution in [0.2, 0.25) is 0 Å². The Labute approximate surface area is 92.0 Å². The van der Waals surface area contributed by atoms with Crippen LogP contribution in [0.3, 0.4) is 0 Å². The van der Waals surface area contributed by atoms with Crippen molar-refractivity contribution in [1.29, 1.82) is 0 Å². The molecule has 1 fully saturated rings. The smallest absolute Gasteiger partial charge is 0.0265 e. The standard InChI is InChI=1S/C11H20Cl2/c1-2-9-3-5-10(6-4-9)11(7-12)8-13/h9-11H,2-8H2,1H3. The van der Waals surface area contributed by atoms with Crippen LogP contribution in [-0.4, -0.2) is 11.8 Å². The Morgan fingerprint density at radius 2 is 1.62 bits per heavy atom. The molecule has 1 saturated carbocycles. The zero-order chi connectivity index (χ0) is 9.68. The molecular formula is C11H20Cl2. The van der Waals surface area contributed by atoms with Crippen LogP contribution in [0.5, 0.6) is 0 Å². The molecule has 0 aromatic carbocycles. The van der Waals surface area contributed by atoms with Gasteiger partial charge >= 0.3 is 0 Å². The van der Waals surface area contributed by atoms with Crippen molar-refractivity contribution in [2.24, 2.45) is 17.8 Å². The molecule has 0 N–H and O–H groups in total. The van der Waals surface area contributed by atoms with Crippen LogP contribution in [0.25, 0.3) is 0 Å². The summed E-state index contributed by atoms with van der Waals surface area (Å²) in [6.07, 6.45) is 6.83. The highest BCUT2D eigenvalue weighted by atomic mass is 35.5. The predicted octanol–water partition coefficient (Wildman–Crippen LogP) is 4.30. The van der Waals surface area contributed by atoms with E-state index in [0.29, 0.717) is 5.92 Å². The Morgan fingerprint density at radius 1 is 1.08 bits per heavy atom. The molecule has 0 nitrogen and oxygen atoms in total. The van der Waals surface area contributed by atoms with E-state index in [-0.39, 0.29) is 0 Å². The monoisotopic (exact) mass is 222 g/mol. The molecule has 0 saturated heterocycles. The first kappa shape index (κ1) is 11.7. The normalized spacial score (nSPS) is 29.5. The number of rotatable bonds is 4. The van der Waals surface area contributed by atoms with E-state index in [1.54, 1.807) is 0 Å². The predicted molar refractivity (Wildman–Crippen MR) is 60.7 cm³/mol. The number of halogens is 2. The Morgan fingerprint density at radius 3 is 2.00 bits per heavy atom. The summed E-state index contributed by atoms with van der Waals surface area (Å²) < 4.78 is 0. The Bertz CT molecular complexity index is 124. The van der Waals surface area contributed by atoms with E-state index in [2.05, 4.69) is 6.92 Å². The quantitative estimate of drug-likeness (QED) is 0.623. The van der Waals surface area contributed by atoms with Crippen molar-refractivity contribution in [2.75, 3.05) is 11.8 Å². The lowest BCUT2D eigenvalue weighted by atomic mass is 9.76. The Kier molecular flexibility index (Phi) is 5.50. The maximum absolute atomic E-state index is 5.89. The van der Waals surface area contributed by atoms with Gasteiger partial charge < -0.3 is 0 Å². The van der Waals surface area contributed by atoms with Crippen LogP contribution in [-0.2, 0) is 0 Å². The largest absolute Gasteiger partial charge is 0.126 e. The molecule has 78 valence electrons. The molecule has 0 bridgehead atoms. The van der Waals surface area contributed by atoms with E-state index in [1.165, 1.54) is 32.1 Å². The number of alkyl halides is 2. The van der Waals surface area contributed by atoms with Gasteiger partial charge in [0, 0.05) is 11.8 Å². The first-order valence-corrected chi connectivity index (χ1v) is 6.50. The van der Waals surface area contributed by atoms with Gasteiger partial charge in [0.15, 0.2) is 0 Å². The van der Waals surface area contributed by atoms with Crippen LogP contribution in [0, 0.1) is 17.8 Å². The number of hydrogen-bond donors (Lipinski definition) is 0. The van der Waals surface area contributed by atoms with Gasteiger partial charge in [-0.15, -0.1) is 23.2 Å². The molecule has 0 spiro atoms. The summed E-state index contributed by atoms with van der Waals surface area (Å²) in [4.78, 5) is 0. The zero-order valence-corrected chi connectivity index (χ0v) is 9.95. The van der Waals surface area contributed by atoms with E-state index in [1.807, 2.05) is 0 Å². The summed E-state index contributed by atoms with van der Waals surface area (Å²) >= 11 is 11.8. The lowest BCUT2D eigenvalue weighted by Crippen LogP contribution is -2.23. The van der Waals surface area contributed by atoms with Gasteiger partial charge in [-0.1, -0.05) is 26.2 Å². The van der Waals surface area contributed by atoms with Crippen molar-refractivity contribution in [1.82, 2.24) is 0 Å². The van der Waals surface area contributed by atoms with E-state index in [4.69, 9.17) is 23.2 Å². The van der Waals surface area contributed by atoms with Gasteiger partial charge in [0.2, 0.25) is 0 Å². The molecule has 0 unspecified atom stereocenters. The third-order valence-electron chi connectivity index (χ3n) is 3.53. The van der Waals surface area contributed by atoms with Crippen LogP contribution in [0.15, 0.2) is 0 Å². The third kappa shape index (κ3) is 3.32. The summed E-state index contributed by atoms with van der Waals surface area (Å²) in [5.41, 5.74) is 0. The molecule has 13 heavy (non-hydrogen) atoms. The molecule has 2 heteroatoms. The van der Waals surface area contributed by atoms with Crippen molar-refractivity contribution in [2.45, 2.75) is 39.0 Å². The highest BCUT2D eigenvalue weighted by Crippen LogP contribution is 2.35. The Hall–Kier alpha value is 0.580. The second kappa shape index (κ2) is 6.14. The van der Waals surface area contributed by atoms with Crippen LogP contribution >= 0.6 is 23.2 Å². The summed E-state index contributed by atoms with van der Waals surface area (Å²) in [6, 6.07) is 0. The van der Waals surface area contributed by atoms with Crippen LogP contribution in [0.1, 0.15) is 39.0 Å². The minimum absolute atomic E-state index is 0.557. The maximum Gasteiger partial charge on any atom is 0.0265 e. The minimum Gasteiger partial charge on any atom is -0.126 e. The summed E-state index contributed by atoms with van der Waals surface area (Å²) in [6.45, 7) is 2.30. The zero-order valence-electron chi connectivity index (χ0n) is 8.44. The molecule has 1 aliphatic rings. The van der Waals surface area contributed by atoms with Crippen molar-refractivity contribution < 1.29 is 0 Å². The van der Waals surface area contributed by atoms with Crippen LogP contribution in [0.4, 0.5) is 0 Å². The molecule has 0 amide bonds. The van der Waals surface area contributed by atoms with Gasteiger partial charge in [0.25, 0.3) is 0 Å². The van der Waals surface area contributed by atoms with Gasteiger partial charge in [-0.25, -0.2) is 0 Å². The van der Waals surface area contributed by atoms with Gasteiger partial charge in [0.05, 0.1) is 0 Å². The summed E-state index contributed by atoms with van der Waals surface area (Å²) in [5, 5.41) is 0. The lowest BCUT2D eigenvalue weighted by molar-refractivity contribution is 0.224. The number of hydrogen-bond acceptors (Lipinski definition) is 0. The summed E-state index contributed by atoms with van der Waals surface area (Å²) in [5.74, 6) is 3.82. The van der Waals surface area contributed by atoms with E-state index in [0.717, 1.165) is 23.6 Å². The van der Waals surface area contributed by atoms with Crippen molar-refractivity contribution in [3.8, 4) is 0 Å². The topological polar surface area (TPSA) is 0 Å². The molecular weight excluding hydrogens is 203 g/mol. The molecule has 0 aliphatic heterocycles. The van der Waals surface area contributed by atoms with Gasteiger partial charge in [-0.3, -0.25) is 0 Å². The molecule has 1 aliphatic carbocycles. The van der Waals surface area contributed by atoms with E-state index < -0.39 is 0 Å². The highest BCUT2D eigenvalue weighted by molar-refractivity contribution is 6.20. The van der Waals surface area contributed by atoms with Gasteiger partial charge in [-0.05, 0) is 30.6 Å². The van der Waals surface area contributed by atoms with Crippen molar-refractivity contribution in [3.63, 3.8) is 0 Å². The molecule has 0 heterocycles. The Balaban J connectivity index is 2.30. The SMILES string of the molecule is CCC1CCC(C(CCl)CCl)CC1. The third-order valence-corrected chi connectivity index (χ3v) is 4.32. The first-order chi connectivity index (χ1) is 6.31. The fraction of sp³-hybridized carbons (Fsp3) is 1.00.